The van der Waals surface area contributed by atoms with Crippen LogP contribution in [0.3, 0.4) is 0 Å². The van der Waals surface area contributed by atoms with Gasteiger partial charge in [0.05, 0.1) is 30.1 Å². The Morgan fingerprint density at radius 3 is 2.67 bits per heavy atom. The van der Waals surface area contributed by atoms with Crippen LogP contribution in [-0.4, -0.2) is 50.1 Å². The van der Waals surface area contributed by atoms with E-state index in [1.165, 1.54) is 13.1 Å². The number of halogens is 2. The Balaban J connectivity index is 2.39. The molecule has 0 bridgehead atoms. The summed E-state index contributed by atoms with van der Waals surface area (Å²) in [5.41, 5.74) is 0. The van der Waals surface area contributed by atoms with E-state index in [2.05, 4.69) is 31.9 Å². The molecule has 2 atom stereocenters. The molecule has 2 unspecified atom stereocenters. The second-order valence-corrected chi connectivity index (χ2v) is 8.38. The Kier molecular flexibility index (Phi) is 5.09. The van der Waals surface area contributed by atoms with Crippen molar-refractivity contribution in [2.75, 3.05) is 20.3 Å². The van der Waals surface area contributed by atoms with Crippen LogP contribution in [0.2, 0.25) is 0 Å². The summed E-state index contributed by atoms with van der Waals surface area (Å²) in [6.45, 7) is 0.0812. The number of carboxylic acids is 1. The molecule has 1 heterocycles. The van der Waals surface area contributed by atoms with Crippen LogP contribution in [-0.2, 0) is 19.6 Å². The molecule has 116 valence electrons. The zero-order valence-corrected chi connectivity index (χ0v) is 15.0. The van der Waals surface area contributed by atoms with Gasteiger partial charge in [0, 0.05) is 16.0 Å². The van der Waals surface area contributed by atoms with Crippen molar-refractivity contribution in [3.05, 3.63) is 27.1 Å². The number of likely N-dealkylation sites (N-methyl/N-ethyl adjacent to an activating group) is 1. The Labute approximate surface area is 139 Å². The number of rotatable bonds is 4. The fourth-order valence-corrected chi connectivity index (χ4v) is 4.98. The van der Waals surface area contributed by atoms with Crippen LogP contribution >= 0.6 is 31.9 Å². The van der Waals surface area contributed by atoms with E-state index in [0.717, 1.165) is 4.31 Å². The number of carboxylic acid groups (broad SMARTS) is 1. The first kappa shape index (κ1) is 16.9. The number of hydrogen-bond donors (Lipinski definition) is 1. The van der Waals surface area contributed by atoms with Gasteiger partial charge in [0.15, 0.2) is 0 Å². The van der Waals surface area contributed by atoms with Gasteiger partial charge >= 0.3 is 5.97 Å². The average Bonchev–Trinajstić information content (AvgIpc) is 2.89. The second-order valence-electron chi connectivity index (χ2n) is 4.65. The minimum absolute atomic E-state index is 0.0134. The van der Waals surface area contributed by atoms with E-state index in [1.54, 1.807) is 12.1 Å². The molecule has 0 radical (unpaired) electrons. The van der Waals surface area contributed by atoms with E-state index >= 15 is 0 Å². The fourth-order valence-electron chi connectivity index (χ4n) is 2.15. The predicted octanol–water partition coefficient (Wildman–Crippen LogP) is 1.93. The molecule has 0 amide bonds. The molecule has 1 aliphatic heterocycles. The third-order valence-corrected chi connectivity index (χ3v) is 6.75. The molecule has 2 rings (SSSR count). The van der Waals surface area contributed by atoms with Crippen molar-refractivity contribution in [2.45, 2.75) is 10.9 Å². The standard InChI is InChI=1S/C12H13Br2NO5S/c1-15(10-6-20-5-8(10)12(16)17)21(18,19)11-4-7(13)2-3-9(11)14/h2-4,8,10H,5-6H2,1H3,(H,16,17). The van der Waals surface area contributed by atoms with E-state index in [-0.39, 0.29) is 18.1 Å². The van der Waals surface area contributed by atoms with Gasteiger partial charge in [-0.3, -0.25) is 4.79 Å². The van der Waals surface area contributed by atoms with Crippen LogP contribution < -0.4 is 0 Å². The maximum absolute atomic E-state index is 12.7. The first-order chi connectivity index (χ1) is 9.75. The maximum Gasteiger partial charge on any atom is 0.310 e. The normalized spacial score (nSPS) is 22.7. The van der Waals surface area contributed by atoms with E-state index in [9.17, 15) is 13.2 Å². The third kappa shape index (κ3) is 3.31. The zero-order chi connectivity index (χ0) is 15.8. The van der Waals surface area contributed by atoms with Crippen molar-refractivity contribution >= 4 is 47.9 Å². The smallest absolute Gasteiger partial charge is 0.310 e. The number of ether oxygens (including phenoxy) is 1. The van der Waals surface area contributed by atoms with Crippen LogP contribution in [0, 0.1) is 5.92 Å². The Hall–Kier alpha value is -0.480. The Morgan fingerprint density at radius 2 is 2.05 bits per heavy atom. The summed E-state index contributed by atoms with van der Waals surface area (Å²) in [4.78, 5) is 11.3. The zero-order valence-electron chi connectivity index (χ0n) is 11.0. The molecule has 1 N–H and O–H groups in total. The first-order valence-electron chi connectivity index (χ1n) is 5.99. The lowest BCUT2D eigenvalue weighted by Gasteiger charge is -2.26. The highest BCUT2D eigenvalue weighted by Gasteiger charge is 2.41. The van der Waals surface area contributed by atoms with Gasteiger partial charge in [-0.05, 0) is 34.1 Å². The third-order valence-electron chi connectivity index (χ3n) is 3.39. The largest absolute Gasteiger partial charge is 0.481 e. The molecule has 0 aromatic heterocycles. The lowest BCUT2D eigenvalue weighted by molar-refractivity contribution is -0.142. The second kappa shape index (κ2) is 6.33. The van der Waals surface area contributed by atoms with Crippen molar-refractivity contribution in [1.29, 1.82) is 0 Å². The lowest BCUT2D eigenvalue weighted by atomic mass is 10.1. The number of benzene rings is 1. The van der Waals surface area contributed by atoms with Crippen LogP contribution in [0.15, 0.2) is 32.0 Å². The lowest BCUT2D eigenvalue weighted by Crippen LogP contribution is -2.44. The predicted molar refractivity (Wildman–Crippen MR) is 82.5 cm³/mol. The van der Waals surface area contributed by atoms with Crippen LogP contribution in [0.1, 0.15) is 0 Å². The van der Waals surface area contributed by atoms with Crippen molar-refractivity contribution in [2.24, 2.45) is 5.92 Å². The highest BCUT2D eigenvalue weighted by Crippen LogP contribution is 2.31. The highest BCUT2D eigenvalue weighted by molar-refractivity contribution is 9.11. The van der Waals surface area contributed by atoms with Crippen LogP contribution in [0.25, 0.3) is 0 Å². The molecular weight excluding hydrogens is 430 g/mol. The number of sulfonamides is 1. The molecule has 21 heavy (non-hydrogen) atoms. The fraction of sp³-hybridized carbons (Fsp3) is 0.417. The molecule has 1 aliphatic rings. The summed E-state index contributed by atoms with van der Waals surface area (Å²) < 4.78 is 32.6. The maximum atomic E-state index is 12.7. The van der Waals surface area contributed by atoms with Crippen molar-refractivity contribution < 1.29 is 23.1 Å². The molecule has 1 aromatic rings. The summed E-state index contributed by atoms with van der Waals surface area (Å²) in [6.07, 6.45) is 0. The molecule has 0 spiro atoms. The summed E-state index contributed by atoms with van der Waals surface area (Å²) in [5, 5.41) is 9.15. The summed E-state index contributed by atoms with van der Waals surface area (Å²) in [5.74, 6) is -1.93. The number of nitrogens with zero attached hydrogens (tertiary/aromatic N) is 1. The van der Waals surface area contributed by atoms with Gasteiger partial charge < -0.3 is 9.84 Å². The van der Waals surface area contributed by atoms with Crippen molar-refractivity contribution in [3.8, 4) is 0 Å². The Bertz CT molecular complexity index is 664. The summed E-state index contributed by atoms with van der Waals surface area (Å²) >= 11 is 6.45. The van der Waals surface area contributed by atoms with Gasteiger partial charge in [-0.15, -0.1) is 0 Å². The molecule has 1 fully saturated rings. The van der Waals surface area contributed by atoms with Gasteiger partial charge in [0.1, 0.15) is 0 Å². The van der Waals surface area contributed by atoms with Gasteiger partial charge in [0.2, 0.25) is 10.0 Å². The molecular formula is C12H13Br2NO5S. The van der Waals surface area contributed by atoms with E-state index in [1.807, 2.05) is 0 Å². The molecule has 1 aromatic carbocycles. The molecule has 9 heteroatoms. The van der Waals surface area contributed by atoms with Crippen molar-refractivity contribution in [3.63, 3.8) is 0 Å². The van der Waals surface area contributed by atoms with E-state index in [4.69, 9.17) is 9.84 Å². The van der Waals surface area contributed by atoms with Gasteiger partial charge in [-0.2, -0.15) is 4.31 Å². The van der Waals surface area contributed by atoms with Crippen LogP contribution in [0.4, 0.5) is 0 Å². The minimum atomic E-state index is -3.83. The summed E-state index contributed by atoms with van der Waals surface area (Å²) in [7, 11) is -2.46. The molecule has 0 aliphatic carbocycles. The summed E-state index contributed by atoms with van der Waals surface area (Å²) in [6, 6.07) is 4.08. The van der Waals surface area contributed by atoms with Crippen LogP contribution in [0.5, 0.6) is 0 Å². The van der Waals surface area contributed by atoms with Gasteiger partial charge in [-0.25, -0.2) is 8.42 Å². The SMILES string of the molecule is CN(C1COCC1C(=O)O)S(=O)(=O)c1cc(Br)ccc1Br. The van der Waals surface area contributed by atoms with Gasteiger partial charge in [0.25, 0.3) is 0 Å². The van der Waals surface area contributed by atoms with Gasteiger partial charge in [-0.1, -0.05) is 15.9 Å². The minimum Gasteiger partial charge on any atom is -0.481 e. The number of carbonyl (C=O) groups is 1. The Morgan fingerprint density at radius 1 is 1.38 bits per heavy atom. The highest BCUT2D eigenvalue weighted by atomic mass is 79.9. The molecule has 6 nitrogen and oxygen atoms in total. The quantitative estimate of drug-likeness (QED) is 0.770. The molecule has 0 saturated carbocycles. The first-order valence-corrected chi connectivity index (χ1v) is 9.01. The van der Waals surface area contributed by atoms with E-state index in [0.29, 0.717) is 8.95 Å². The monoisotopic (exact) mass is 441 g/mol. The van der Waals surface area contributed by atoms with E-state index < -0.39 is 28.0 Å². The topological polar surface area (TPSA) is 83.9 Å². The number of aliphatic carboxylic acids is 1. The number of hydrogen-bond acceptors (Lipinski definition) is 4. The molecule has 1 saturated heterocycles. The average molecular weight is 443 g/mol. The van der Waals surface area contributed by atoms with Crippen molar-refractivity contribution in [1.82, 2.24) is 4.31 Å².